The Morgan fingerprint density at radius 1 is 0.938 bits per heavy atom. The van der Waals surface area contributed by atoms with Crippen LogP contribution in [-0.4, -0.2) is 4.98 Å². The second kappa shape index (κ2) is 5.86. The SMILES string of the molecule is C(=C/c1ccccc1)/CCc1ccncc1. The first-order valence-electron chi connectivity index (χ1n) is 5.55. The molecule has 1 aromatic carbocycles. The zero-order chi connectivity index (χ0) is 11.1. The maximum absolute atomic E-state index is 4.00. The van der Waals surface area contributed by atoms with Gasteiger partial charge < -0.3 is 0 Å². The van der Waals surface area contributed by atoms with Crippen molar-refractivity contribution in [1.29, 1.82) is 0 Å². The van der Waals surface area contributed by atoms with E-state index in [2.05, 4.69) is 53.5 Å². The fraction of sp³-hybridized carbons (Fsp3) is 0.133. The van der Waals surface area contributed by atoms with E-state index in [1.807, 2.05) is 18.5 Å². The van der Waals surface area contributed by atoms with Gasteiger partial charge in [0.2, 0.25) is 0 Å². The largest absolute Gasteiger partial charge is 0.265 e. The van der Waals surface area contributed by atoms with Crippen molar-refractivity contribution >= 4 is 6.08 Å². The Morgan fingerprint density at radius 2 is 1.69 bits per heavy atom. The maximum Gasteiger partial charge on any atom is 0.0270 e. The number of pyridine rings is 1. The molecule has 1 heteroatoms. The molecule has 1 aromatic heterocycles. The molecule has 80 valence electrons. The molecule has 16 heavy (non-hydrogen) atoms. The van der Waals surface area contributed by atoms with Crippen LogP contribution in [0, 0.1) is 0 Å². The molecule has 0 aliphatic heterocycles. The van der Waals surface area contributed by atoms with E-state index in [1.54, 1.807) is 0 Å². The van der Waals surface area contributed by atoms with Crippen LogP contribution in [0.1, 0.15) is 17.5 Å². The van der Waals surface area contributed by atoms with Gasteiger partial charge in [0.15, 0.2) is 0 Å². The van der Waals surface area contributed by atoms with Crippen LogP contribution in [0.25, 0.3) is 6.08 Å². The lowest BCUT2D eigenvalue weighted by Gasteiger charge is -1.96. The molecule has 2 rings (SSSR count). The highest BCUT2D eigenvalue weighted by Crippen LogP contribution is 2.05. The summed E-state index contributed by atoms with van der Waals surface area (Å²) in [6, 6.07) is 14.5. The number of benzene rings is 1. The Labute approximate surface area is 96.5 Å². The van der Waals surface area contributed by atoms with Gasteiger partial charge in [-0.15, -0.1) is 0 Å². The van der Waals surface area contributed by atoms with Crippen LogP contribution in [0.2, 0.25) is 0 Å². The molecule has 0 fully saturated rings. The molecule has 0 amide bonds. The standard InChI is InChI=1S/C15H15N/c1-2-6-14(7-3-1)8-4-5-9-15-10-12-16-13-11-15/h1-4,6-8,10-13H,5,9H2/b8-4-. The van der Waals surface area contributed by atoms with Crippen LogP contribution >= 0.6 is 0 Å². The van der Waals surface area contributed by atoms with Gasteiger partial charge in [-0.2, -0.15) is 0 Å². The van der Waals surface area contributed by atoms with Crippen molar-refractivity contribution < 1.29 is 0 Å². The lowest BCUT2D eigenvalue weighted by atomic mass is 10.1. The molecule has 0 saturated carbocycles. The predicted molar refractivity (Wildman–Crippen MR) is 68.0 cm³/mol. The zero-order valence-electron chi connectivity index (χ0n) is 9.21. The maximum atomic E-state index is 4.00. The summed E-state index contributed by atoms with van der Waals surface area (Å²) in [7, 11) is 0. The molecule has 0 atom stereocenters. The molecular weight excluding hydrogens is 194 g/mol. The number of allylic oxidation sites excluding steroid dienone is 1. The van der Waals surface area contributed by atoms with Crippen LogP contribution < -0.4 is 0 Å². The Morgan fingerprint density at radius 3 is 2.44 bits per heavy atom. The minimum atomic E-state index is 1.07. The number of nitrogens with zero attached hydrogens (tertiary/aromatic N) is 1. The molecule has 0 saturated heterocycles. The van der Waals surface area contributed by atoms with Gasteiger partial charge >= 0.3 is 0 Å². The summed E-state index contributed by atoms with van der Waals surface area (Å²) < 4.78 is 0. The third-order valence-electron chi connectivity index (χ3n) is 2.46. The van der Waals surface area contributed by atoms with E-state index in [1.165, 1.54) is 11.1 Å². The van der Waals surface area contributed by atoms with Crippen LogP contribution in [0.3, 0.4) is 0 Å². The molecule has 0 unspecified atom stereocenters. The molecule has 0 aliphatic rings. The van der Waals surface area contributed by atoms with E-state index in [9.17, 15) is 0 Å². The molecule has 1 heterocycles. The Kier molecular flexibility index (Phi) is 3.89. The van der Waals surface area contributed by atoms with Crippen molar-refractivity contribution in [2.24, 2.45) is 0 Å². The predicted octanol–water partition coefficient (Wildman–Crippen LogP) is 3.73. The monoisotopic (exact) mass is 209 g/mol. The minimum absolute atomic E-state index is 1.07. The third kappa shape index (κ3) is 3.35. The number of aryl methyl sites for hydroxylation is 1. The van der Waals surface area contributed by atoms with Gasteiger partial charge in [0.25, 0.3) is 0 Å². The molecule has 1 nitrogen and oxygen atoms in total. The summed E-state index contributed by atoms with van der Waals surface area (Å²) in [4.78, 5) is 4.00. The number of hydrogen-bond acceptors (Lipinski definition) is 1. The van der Waals surface area contributed by atoms with Crippen LogP contribution in [0.5, 0.6) is 0 Å². The summed E-state index contributed by atoms with van der Waals surface area (Å²) in [6.07, 6.45) is 10.2. The average molecular weight is 209 g/mol. The first-order valence-corrected chi connectivity index (χ1v) is 5.55. The molecule has 0 spiro atoms. The fourth-order valence-electron chi connectivity index (χ4n) is 1.58. The average Bonchev–Trinajstić information content (AvgIpc) is 2.37. The van der Waals surface area contributed by atoms with Crippen molar-refractivity contribution in [1.82, 2.24) is 4.98 Å². The Hall–Kier alpha value is -1.89. The smallest absolute Gasteiger partial charge is 0.0270 e. The zero-order valence-corrected chi connectivity index (χ0v) is 9.21. The van der Waals surface area contributed by atoms with E-state index in [0.29, 0.717) is 0 Å². The van der Waals surface area contributed by atoms with Gasteiger partial charge in [-0.3, -0.25) is 4.98 Å². The summed E-state index contributed by atoms with van der Waals surface area (Å²) in [6.45, 7) is 0. The third-order valence-corrected chi connectivity index (χ3v) is 2.46. The summed E-state index contributed by atoms with van der Waals surface area (Å²) >= 11 is 0. The highest BCUT2D eigenvalue weighted by atomic mass is 14.6. The van der Waals surface area contributed by atoms with Crippen LogP contribution in [0.4, 0.5) is 0 Å². The van der Waals surface area contributed by atoms with Crippen molar-refractivity contribution in [2.75, 3.05) is 0 Å². The molecule has 0 N–H and O–H groups in total. The van der Waals surface area contributed by atoms with Gasteiger partial charge in [0.1, 0.15) is 0 Å². The molecule has 0 radical (unpaired) electrons. The first kappa shape index (κ1) is 10.6. The fourth-order valence-corrected chi connectivity index (χ4v) is 1.58. The first-order chi connectivity index (χ1) is 7.95. The lowest BCUT2D eigenvalue weighted by molar-refractivity contribution is 0.998. The van der Waals surface area contributed by atoms with Gasteiger partial charge in [-0.25, -0.2) is 0 Å². The normalized spacial score (nSPS) is 10.8. The van der Waals surface area contributed by atoms with E-state index in [4.69, 9.17) is 0 Å². The summed E-state index contributed by atoms with van der Waals surface area (Å²) in [5, 5.41) is 0. The van der Waals surface area contributed by atoms with E-state index in [0.717, 1.165) is 12.8 Å². The van der Waals surface area contributed by atoms with Gasteiger partial charge in [-0.1, -0.05) is 42.5 Å². The molecule has 0 bridgehead atoms. The van der Waals surface area contributed by atoms with E-state index < -0.39 is 0 Å². The number of aromatic nitrogens is 1. The minimum Gasteiger partial charge on any atom is -0.265 e. The van der Waals surface area contributed by atoms with Crippen molar-refractivity contribution in [3.05, 3.63) is 72.1 Å². The van der Waals surface area contributed by atoms with Crippen molar-refractivity contribution in [2.45, 2.75) is 12.8 Å². The second-order valence-electron chi connectivity index (χ2n) is 3.71. The Bertz CT molecular complexity index is 432. The van der Waals surface area contributed by atoms with E-state index >= 15 is 0 Å². The lowest BCUT2D eigenvalue weighted by Crippen LogP contribution is -1.82. The second-order valence-corrected chi connectivity index (χ2v) is 3.71. The van der Waals surface area contributed by atoms with Gasteiger partial charge in [0, 0.05) is 12.4 Å². The van der Waals surface area contributed by atoms with Crippen molar-refractivity contribution in [3.8, 4) is 0 Å². The number of rotatable bonds is 4. The quantitative estimate of drug-likeness (QED) is 0.747. The van der Waals surface area contributed by atoms with Gasteiger partial charge in [0.05, 0.1) is 0 Å². The topological polar surface area (TPSA) is 12.9 Å². The Balaban J connectivity index is 1.83. The molecule has 0 aliphatic carbocycles. The highest BCUT2D eigenvalue weighted by molar-refractivity contribution is 5.48. The number of hydrogen-bond donors (Lipinski definition) is 0. The summed E-state index contributed by atoms with van der Waals surface area (Å²) in [5.41, 5.74) is 2.60. The van der Waals surface area contributed by atoms with Crippen LogP contribution in [-0.2, 0) is 6.42 Å². The molecule has 2 aromatic rings. The highest BCUT2D eigenvalue weighted by Gasteiger charge is 1.88. The summed E-state index contributed by atoms with van der Waals surface area (Å²) in [5.74, 6) is 0. The molecular formula is C15H15N. The van der Waals surface area contributed by atoms with Crippen molar-refractivity contribution in [3.63, 3.8) is 0 Å². The van der Waals surface area contributed by atoms with Crippen LogP contribution in [0.15, 0.2) is 60.9 Å². The van der Waals surface area contributed by atoms with E-state index in [-0.39, 0.29) is 0 Å². The van der Waals surface area contributed by atoms with Gasteiger partial charge in [-0.05, 0) is 36.1 Å².